The number of aliphatic hydroxyl groups is 1. The Hall–Kier alpha value is -2.19. The number of carbonyl (C=O) groups excluding carboxylic acids is 1. The van der Waals surface area contributed by atoms with E-state index >= 15 is 0 Å². The Morgan fingerprint density at radius 1 is 1.35 bits per heavy atom. The number of hydrogen-bond acceptors (Lipinski definition) is 5. The van der Waals surface area contributed by atoms with Gasteiger partial charge < -0.3 is 10.4 Å². The van der Waals surface area contributed by atoms with Crippen molar-refractivity contribution in [1.29, 1.82) is 0 Å². The van der Waals surface area contributed by atoms with Crippen molar-refractivity contribution in [3.05, 3.63) is 48.3 Å². The van der Waals surface area contributed by atoms with Crippen LogP contribution >= 0.6 is 0 Å². The van der Waals surface area contributed by atoms with E-state index in [0.717, 1.165) is 5.56 Å². The van der Waals surface area contributed by atoms with Crippen molar-refractivity contribution in [2.75, 3.05) is 5.75 Å². The molecule has 1 aromatic heterocycles. The highest BCUT2D eigenvalue weighted by molar-refractivity contribution is 7.91. The Morgan fingerprint density at radius 3 is 2.62 bits per heavy atom. The van der Waals surface area contributed by atoms with Gasteiger partial charge in [0, 0.05) is 25.2 Å². The maximum Gasteiger partial charge on any atom is 0.221 e. The zero-order chi connectivity index (χ0) is 18.7. The van der Waals surface area contributed by atoms with Gasteiger partial charge in [-0.1, -0.05) is 18.2 Å². The predicted molar refractivity (Wildman–Crippen MR) is 95.9 cm³/mol. The highest BCUT2D eigenvalue weighted by Gasteiger charge is 2.36. The SMILES string of the molecule is Cn1cc(C(NC(=O)CCS(=O)(=O)c2ccccc2)C2CC(O)C2)cn1. The fourth-order valence-corrected chi connectivity index (χ4v) is 4.46. The Balaban J connectivity index is 1.63. The summed E-state index contributed by atoms with van der Waals surface area (Å²) in [6.07, 6.45) is 4.30. The van der Waals surface area contributed by atoms with Crippen LogP contribution in [0.4, 0.5) is 0 Å². The van der Waals surface area contributed by atoms with Crippen molar-refractivity contribution in [2.45, 2.75) is 36.3 Å². The minimum atomic E-state index is -3.49. The van der Waals surface area contributed by atoms with E-state index in [-0.39, 0.29) is 41.0 Å². The number of hydrogen-bond donors (Lipinski definition) is 2. The number of aromatic nitrogens is 2. The van der Waals surface area contributed by atoms with Crippen LogP contribution in [-0.4, -0.2) is 41.1 Å². The van der Waals surface area contributed by atoms with E-state index in [0.29, 0.717) is 12.8 Å². The summed E-state index contributed by atoms with van der Waals surface area (Å²) in [7, 11) is -1.69. The summed E-state index contributed by atoms with van der Waals surface area (Å²) in [6, 6.07) is 7.86. The van der Waals surface area contributed by atoms with Crippen LogP contribution in [0.25, 0.3) is 0 Å². The molecule has 0 saturated heterocycles. The molecular weight excluding hydrogens is 354 g/mol. The Kier molecular flexibility index (Phi) is 5.43. The summed E-state index contributed by atoms with van der Waals surface area (Å²) in [5.74, 6) is -0.431. The molecule has 7 nitrogen and oxygen atoms in total. The van der Waals surface area contributed by atoms with E-state index in [1.165, 1.54) is 12.1 Å². The molecule has 8 heteroatoms. The molecule has 0 bridgehead atoms. The maximum atomic E-state index is 12.4. The van der Waals surface area contributed by atoms with Crippen molar-refractivity contribution in [3.63, 3.8) is 0 Å². The van der Waals surface area contributed by atoms with Gasteiger partial charge in [-0.15, -0.1) is 0 Å². The largest absolute Gasteiger partial charge is 0.393 e. The average Bonchev–Trinajstić information content (AvgIpc) is 3.02. The Bertz CT molecular complexity index is 858. The van der Waals surface area contributed by atoms with Crippen LogP contribution in [0, 0.1) is 5.92 Å². The minimum Gasteiger partial charge on any atom is -0.393 e. The second kappa shape index (κ2) is 7.59. The van der Waals surface area contributed by atoms with Crippen LogP contribution in [0.2, 0.25) is 0 Å². The lowest BCUT2D eigenvalue weighted by Crippen LogP contribution is -2.41. The van der Waals surface area contributed by atoms with Crippen molar-refractivity contribution < 1.29 is 18.3 Å². The highest BCUT2D eigenvalue weighted by Crippen LogP contribution is 2.38. The monoisotopic (exact) mass is 377 g/mol. The Labute approximate surface area is 153 Å². The van der Waals surface area contributed by atoms with Crippen LogP contribution in [-0.2, 0) is 21.7 Å². The van der Waals surface area contributed by atoms with Gasteiger partial charge in [-0.05, 0) is 30.9 Å². The van der Waals surface area contributed by atoms with E-state index in [9.17, 15) is 18.3 Å². The topological polar surface area (TPSA) is 101 Å². The summed E-state index contributed by atoms with van der Waals surface area (Å²) >= 11 is 0. The maximum absolute atomic E-state index is 12.4. The van der Waals surface area contributed by atoms with Gasteiger partial charge in [0.05, 0.1) is 29.0 Å². The van der Waals surface area contributed by atoms with Crippen molar-refractivity contribution in [1.82, 2.24) is 15.1 Å². The van der Waals surface area contributed by atoms with Gasteiger partial charge >= 0.3 is 0 Å². The molecule has 1 aliphatic carbocycles. The smallest absolute Gasteiger partial charge is 0.221 e. The molecule has 140 valence electrons. The van der Waals surface area contributed by atoms with Gasteiger partial charge in [-0.3, -0.25) is 9.48 Å². The van der Waals surface area contributed by atoms with E-state index in [4.69, 9.17) is 0 Å². The van der Waals surface area contributed by atoms with E-state index in [2.05, 4.69) is 10.4 Å². The van der Waals surface area contributed by atoms with Gasteiger partial charge in [-0.2, -0.15) is 5.10 Å². The molecule has 1 aliphatic rings. The first-order valence-electron chi connectivity index (χ1n) is 8.59. The van der Waals surface area contributed by atoms with Gasteiger partial charge in [-0.25, -0.2) is 8.42 Å². The molecule has 3 rings (SSSR count). The quantitative estimate of drug-likeness (QED) is 0.755. The molecule has 1 amide bonds. The summed E-state index contributed by atoms with van der Waals surface area (Å²) < 4.78 is 26.3. The molecule has 26 heavy (non-hydrogen) atoms. The van der Waals surface area contributed by atoms with Gasteiger partial charge in [0.25, 0.3) is 0 Å². The zero-order valence-corrected chi connectivity index (χ0v) is 15.4. The lowest BCUT2D eigenvalue weighted by atomic mass is 9.75. The van der Waals surface area contributed by atoms with E-state index in [1.807, 2.05) is 6.20 Å². The first-order chi connectivity index (χ1) is 12.3. The van der Waals surface area contributed by atoms with Gasteiger partial charge in [0.2, 0.25) is 5.91 Å². The van der Waals surface area contributed by atoms with Crippen LogP contribution in [0.15, 0.2) is 47.6 Å². The molecule has 2 N–H and O–H groups in total. The standard InChI is InChI=1S/C18H23N3O4S/c1-21-12-14(11-19-21)18(13-9-15(22)10-13)20-17(23)7-8-26(24,25)16-5-3-2-4-6-16/h2-6,11-13,15,18,22H,7-10H2,1H3,(H,20,23). The van der Waals surface area contributed by atoms with E-state index < -0.39 is 9.84 Å². The van der Waals surface area contributed by atoms with Crippen LogP contribution < -0.4 is 5.32 Å². The average molecular weight is 377 g/mol. The normalized spacial score (nSPS) is 21.0. The minimum absolute atomic E-state index is 0.108. The lowest BCUT2D eigenvalue weighted by molar-refractivity contribution is -0.122. The fourth-order valence-electron chi connectivity index (χ4n) is 3.19. The molecule has 1 heterocycles. The molecule has 1 unspecified atom stereocenters. The molecule has 0 aliphatic heterocycles. The van der Waals surface area contributed by atoms with Crippen LogP contribution in [0.1, 0.15) is 30.9 Å². The second-order valence-electron chi connectivity index (χ2n) is 6.76. The number of amides is 1. The highest BCUT2D eigenvalue weighted by atomic mass is 32.2. The number of aliphatic hydroxyl groups excluding tert-OH is 1. The summed E-state index contributed by atoms with van der Waals surface area (Å²) in [4.78, 5) is 12.6. The van der Waals surface area contributed by atoms with E-state index in [1.54, 1.807) is 36.1 Å². The number of nitrogens with one attached hydrogen (secondary N) is 1. The van der Waals surface area contributed by atoms with Crippen molar-refractivity contribution >= 4 is 15.7 Å². The number of nitrogens with zero attached hydrogens (tertiary/aromatic N) is 2. The summed E-state index contributed by atoms with van der Waals surface area (Å²) in [6.45, 7) is 0. The third-order valence-corrected chi connectivity index (χ3v) is 6.45. The Morgan fingerprint density at radius 2 is 2.04 bits per heavy atom. The number of rotatable bonds is 7. The number of carbonyl (C=O) groups is 1. The first-order valence-corrected chi connectivity index (χ1v) is 10.2. The second-order valence-corrected chi connectivity index (χ2v) is 8.87. The summed E-state index contributed by atoms with van der Waals surface area (Å²) in [5.41, 5.74) is 0.865. The molecular formula is C18H23N3O4S. The molecule has 1 fully saturated rings. The molecule has 1 saturated carbocycles. The van der Waals surface area contributed by atoms with Gasteiger partial charge in [0.15, 0.2) is 9.84 Å². The lowest BCUT2D eigenvalue weighted by Gasteiger charge is -2.37. The predicted octanol–water partition coefficient (Wildman–Crippen LogP) is 1.21. The van der Waals surface area contributed by atoms with Crippen molar-refractivity contribution in [3.8, 4) is 0 Å². The number of aryl methyl sites for hydroxylation is 1. The van der Waals surface area contributed by atoms with Crippen molar-refractivity contribution in [2.24, 2.45) is 13.0 Å². The fraction of sp³-hybridized carbons (Fsp3) is 0.444. The van der Waals surface area contributed by atoms with Crippen LogP contribution in [0.5, 0.6) is 0 Å². The first kappa shape index (κ1) is 18.6. The third kappa shape index (κ3) is 4.31. The molecule has 1 aromatic carbocycles. The van der Waals surface area contributed by atoms with Gasteiger partial charge in [0.1, 0.15) is 0 Å². The zero-order valence-electron chi connectivity index (χ0n) is 14.6. The molecule has 2 aromatic rings. The number of sulfone groups is 1. The molecule has 0 radical (unpaired) electrons. The van der Waals surface area contributed by atoms with Crippen LogP contribution in [0.3, 0.4) is 0 Å². The molecule has 0 spiro atoms. The third-order valence-electron chi connectivity index (χ3n) is 4.72. The summed E-state index contributed by atoms with van der Waals surface area (Å²) in [5, 5.41) is 16.6. The number of benzene rings is 1. The molecule has 1 atom stereocenters.